The standard InChI is InChI=1S/C24H27ClN4O.ClH/c1-15-5-4-6-22(17(15)3)28-24(30)20-14-27-29(19-8-7-16(2)21(25)13-19)23(20)18-9-11-26-12-10-18;/h4-8,13-14,18,26H,9-12H2,1-3H3,(H,28,30);1H. The number of hydrogen-bond acceptors (Lipinski definition) is 3. The van der Waals surface area contributed by atoms with E-state index in [2.05, 4.69) is 15.7 Å². The number of halogens is 2. The van der Waals surface area contributed by atoms with E-state index >= 15 is 0 Å². The first-order valence-corrected chi connectivity index (χ1v) is 10.8. The molecule has 4 rings (SSSR count). The fraction of sp³-hybridized carbons (Fsp3) is 0.333. The zero-order chi connectivity index (χ0) is 21.3. The largest absolute Gasteiger partial charge is 0.322 e. The summed E-state index contributed by atoms with van der Waals surface area (Å²) in [6.07, 6.45) is 3.62. The van der Waals surface area contributed by atoms with Crippen LogP contribution in [0.15, 0.2) is 42.6 Å². The summed E-state index contributed by atoms with van der Waals surface area (Å²) >= 11 is 6.38. The predicted octanol–water partition coefficient (Wildman–Crippen LogP) is 5.59. The average molecular weight is 459 g/mol. The van der Waals surface area contributed by atoms with Gasteiger partial charge in [0.05, 0.1) is 23.1 Å². The molecule has 1 saturated heterocycles. The van der Waals surface area contributed by atoms with Gasteiger partial charge in [0.2, 0.25) is 0 Å². The van der Waals surface area contributed by atoms with Crippen LogP contribution in [-0.2, 0) is 0 Å². The van der Waals surface area contributed by atoms with Crippen molar-refractivity contribution < 1.29 is 4.79 Å². The van der Waals surface area contributed by atoms with Crippen molar-refractivity contribution in [1.82, 2.24) is 15.1 Å². The van der Waals surface area contributed by atoms with Crippen molar-refractivity contribution in [1.29, 1.82) is 0 Å². The predicted molar refractivity (Wildman–Crippen MR) is 129 cm³/mol. The van der Waals surface area contributed by atoms with E-state index in [1.165, 1.54) is 0 Å². The molecule has 1 fully saturated rings. The van der Waals surface area contributed by atoms with Gasteiger partial charge in [-0.15, -0.1) is 12.4 Å². The van der Waals surface area contributed by atoms with Gasteiger partial charge >= 0.3 is 0 Å². The van der Waals surface area contributed by atoms with E-state index in [9.17, 15) is 4.79 Å². The monoisotopic (exact) mass is 458 g/mol. The van der Waals surface area contributed by atoms with Gasteiger partial charge < -0.3 is 10.6 Å². The third kappa shape index (κ3) is 4.79. The number of piperidine rings is 1. The molecule has 1 amide bonds. The lowest BCUT2D eigenvalue weighted by atomic mass is 9.91. The fourth-order valence-electron chi connectivity index (χ4n) is 4.02. The first kappa shape index (κ1) is 23.3. The lowest BCUT2D eigenvalue weighted by molar-refractivity contribution is 0.102. The summed E-state index contributed by atoms with van der Waals surface area (Å²) < 4.78 is 1.89. The normalized spacial score (nSPS) is 14.2. The number of benzene rings is 2. The van der Waals surface area contributed by atoms with Crippen LogP contribution in [0.1, 0.15) is 51.5 Å². The highest BCUT2D eigenvalue weighted by Gasteiger charge is 2.27. The van der Waals surface area contributed by atoms with Crippen LogP contribution in [0.5, 0.6) is 0 Å². The maximum absolute atomic E-state index is 13.3. The Kier molecular flexibility index (Phi) is 7.42. The van der Waals surface area contributed by atoms with Gasteiger partial charge in [-0.05, 0) is 81.6 Å². The zero-order valence-corrected chi connectivity index (χ0v) is 19.6. The Hall–Kier alpha value is -2.34. The Morgan fingerprint density at radius 2 is 1.87 bits per heavy atom. The third-order valence-electron chi connectivity index (χ3n) is 6.03. The second-order valence-electron chi connectivity index (χ2n) is 8.01. The number of anilines is 1. The molecular weight excluding hydrogens is 431 g/mol. The quantitative estimate of drug-likeness (QED) is 0.535. The number of hydrogen-bond donors (Lipinski definition) is 2. The van der Waals surface area contributed by atoms with Crippen molar-refractivity contribution in [2.75, 3.05) is 18.4 Å². The van der Waals surface area contributed by atoms with E-state index in [4.69, 9.17) is 11.6 Å². The lowest BCUT2D eigenvalue weighted by Crippen LogP contribution is -2.29. The number of carbonyl (C=O) groups excluding carboxylic acids is 1. The second-order valence-corrected chi connectivity index (χ2v) is 8.42. The molecule has 0 saturated carbocycles. The molecule has 3 aromatic rings. The molecule has 2 heterocycles. The summed E-state index contributed by atoms with van der Waals surface area (Å²) in [5.41, 5.74) is 6.54. The van der Waals surface area contributed by atoms with Crippen LogP contribution in [0.3, 0.4) is 0 Å². The first-order chi connectivity index (χ1) is 14.5. The Labute approximate surface area is 194 Å². The topological polar surface area (TPSA) is 59.0 Å². The fourth-order valence-corrected chi connectivity index (χ4v) is 4.19. The summed E-state index contributed by atoms with van der Waals surface area (Å²) in [7, 11) is 0. The van der Waals surface area contributed by atoms with Crippen molar-refractivity contribution in [2.45, 2.75) is 39.5 Å². The van der Waals surface area contributed by atoms with Crippen LogP contribution in [-0.4, -0.2) is 28.8 Å². The number of nitrogens with one attached hydrogen (secondary N) is 2. The third-order valence-corrected chi connectivity index (χ3v) is 6.44. The highest BCUT2D eigenvalue weighted by atomic mass is 35.5. The minimum Gasteiger partial charge on any atom is -0.322 e. The molecule has 2 aromatic carbocycles. The van der Waals surface area contributed by atoms with E-state index in [0.29, 0.717) is 10.6 Å². The molecule has 1 aliphatic heterocycles. The van der Waals surface area contributed by atoms with Crippen molar-refractivity contribution in [2.24, 2.45) is 0 Å². The molecule has 0 spiro atoms. The molecule has 0 radical (unpaired) electrons. The number of aromatic nitrogens is 2. The van der Waals surface area contributed by atoms with Gasteiger partial charge in [0.25, 0.3) is 5.91 Å². The molecular formula is C24H28Cl2N4O. The molecule has 2 N–H and O–H groups in total. The maximum Gasteiger partial charge on any atom is 0.259 e. The number of rotatable bonds is 4. The zero-order valence-electron chi connectivity index (χ0n) is 18.0. The number of nitrogens with zero attached hydrogens (tertiary/aromatic N) is 2. The highest BCUT2D eigenvalue weighted by molar-refractivity contribution is 6.31. The van der Waals surface area contributed by atoms with Crippen molar-refractivity contribution >= 4 is 35.6 Å². The summed E-state index contributed by atoms with van der Waals surface area (Å²) in [6, 6.07) is 11.9. The summed E-state index contributed by atoms with van der Waals surface area (Å²) in [6.45, 7) is 7.91. The molecule has 1 aromatic heterocycles. The lowest BCUT2D eigenvalue weighted by Gasteiger charge is -2.25. The minimum absolute atomic E-state index is 0. The number of amides is 1. The molecule has 164 valence electrons. The molecule has 5 nitrogen and oxygen atoms in total. The minimum atomic E-state index is -0.123. The van der Waals surface area contributed by atoms with Gasteiger partial charge in [-0.2, -0.15) is 5.10 Å². The summed E-state index contributed by atoms with van der Waals surface area (Å²) in [4.78, 5) is 13.3. The van der Waals surface area contributed by atoms with Crippen LogP contribution in [0.4, 0.5) is 5.69 Å². The molecule has 7 heteroatoms. The highest BCUT2D eigenvalue weighted by Crippen LogP contribution is 2.32. The van der Waals surface area contributed by atoms with Crippen LogP contribution in [0.25, 0.3) is 5.69 Å². The molecule has 31 heavy (non-hydrogen) atoms. The number of aryl methyl sites for hydroxylation is 2. The molecule has 0 bridgehead atoms. The van der Waals surface area contributed by atoms with Crippen LogP contribution in [0.2, 0.25) is 5.02 Å². The Bertz CT molecular complexity index is 1090. The van der Waals surface area contributed by atoms with E-state index < -0.39 is 0 Å². The van der Waals surface area contributed by atoms with Gasteiger partial charge in [-0.25, -0.2) is 4.68 Å². The summed E-state index contributed by atoms with van der Waals surface area (Å²) in [5, 5.41) is 11.8. The summed E-state index contributed by atoms with van der Waals surface area (Å²) in [5.74, 6) is 0.134. The maximum atomic E-state index is 13.3. The van der Waals surface area contributed by atoms with E-state index in [1.54, 1.807) is 6.20 Å². The molecule has 1 aliphatic rings. The van der Waals surface area contributed by atoms with Crippen LogP contribution < -0.4 is 10.6 Å². The van der Waals surface area contributed by atoms with Gasteiger partial charge in [-0.1, -0.05) is 29.8 Å². The van der Waals surface area contributed by atoms with Crippen molar-refractivity contribution in [3.05, 3.63) is 75.6 Å². The van der Waals surface area contributed by atoms with Gasteiger partial charge in [-0.3, -0.25) is 4.79 Å². The Morgan fingerprint density at radius 1 is 1.13 bits per heavy atom. The SMILES string of the molecule is Cc1ccc(-n2ncc(C(=O)Nc3cccc(C)c3C)c2C2CCNCC2)cc1Cl.Cl. The molecule has 0 aliphatic carbocycles. The van der Waals surface area contributed by atoms with E-state index in [-0.39, 0.29) is 24.2 Å². The van der Waals surface area contributed by atoms with Gasteiger partial charge in [0.15, 0.2) is 0 Å². The van der Waals surface area contributed by atoms with Gasteiger partial charge in [0, 0.05) is 16.6 Å². The van der Waals surface area contributed by atoms with Crippen molar-refractivity contribution in [3.8, 4) is 5.69 Å². The molecule has 0 unspecified atom stereocenters. The number of carbonyl (C=O) groups is 1. The van der Waals surface area contributed by atoms with E-state index in [1.807, 2.05) is 61.9 Å². The second kappa shape index (κ2) is 9.86. The van der Waals surface area contributed by atoms with E-state index in [0.717, 1.165) is 59.7 Å². The smallest absolute Gasteiger partial charge is 0.259 e. The van der Waals surface area contributed by atoms with Gasteiger partial charge in [0.1, 0.15) is 0 Å². The first-order valence-electron chi connectivity index (χ1n) is 10.4. The Morgan fingerprint density at radius 3 is 2.58 bits per heavy atom. The molecule has 0 atom stereocenters. The van der Waals surface area contributed by atoms with Crippen LogP contribution in [0, 0.1) is 20.8 Å². The van der Waals surface area contributed by atoms with Crippen LogP contribution >= 0.6 is 24.0 Å². The average Bonchev–Trinajstić information content (AvgIpc) is 3.19. The van der Waals surface area contributed by atoms with Crippen molar-refractivity contribution in [3.63, 3.8) is 0 Å². The Balaban J connectivity index is 0.00000272.